The van der Waals surface area contributed by atoms with Crippen LogP contribution in [0.25, 0.3) is 0 Å². The molecular weight excluding hydrogens is 278 g/mol. The fourth-order valence-corrected chi connectivity index (χ4v) is 2.75. The molecule has 0 amide bonds. The largest absolute Gasteiger partial charge is 0.381 e. The first-order valence-corrected chi connectivity index (χ1v) is 8.44. The summed E-state index contributed by atoms with van der Waals surface area (Å²) in [6, 6.07) is 20.9. The third kappa shape index (κ3) is 7.32. The molecule has 0 bridgehead atoms. The van der Waals surface area contributed by atoms with E-state index in [4.69, 9.17) is 4.74 Å². The lowest BCUT2D eigenvalue weighted by Gasteiger charge is -2.06. The molecule has 1 N–H and O–H groups in total. The molecule has 21 heavy (non-hydrogen) atoms. The summed E-state index contributed by atoms with van der Waals surface area (Å²) in [6.07, 6.45) is 1.06. The first-order chi connectivity index (χ1) is 10.4. The van der Waals surface area contributed by atoms with Gasteiger partial charge in [0.25, 0.3) is 0 Å². The summed E-state index contributed by atoms with van der Waals surface area (Å²) in [4.78, 5) is 1.31. The highest BCUT2D eigenvalue weighted by Gasteiger charge is 1.94. The molecule has 0 aliphatic rings. The van der Waals surface area contributed by atoms with Gasteiger partial charge in [-0.2, -0.15) is 0 Å². The van der Waals surface area contributed by atoms with Crippen LogP contribution in [0.3, 0.4) is 0 Å². The molecule has 0 fully saturated rings. The Kier molecular flexibility index (Phi) is 8.00. The van der Waals surface area contributed by atoms with E-state index in [1.54, 1.807) is 0 Å². The summed E-state index contributed by atoms with van der Waals surface area (Å²) < 4.78 is 5.65. The zero-order valence-corrected chi connectivity index (χ0v) is 13.1. The van der Waals surface area contributed by atoms with Crippen molar-refractivity contribution in [3.8, 4) is 0 Å². The number of benzene rings is 2. The highest BCUT2D eigenvalue weighted by atomic mass is 32.2. The third-order valence-electron chi connectivity index (χ3n) is 3.05. The van der Waals surface area contributed by atoms with Crippen LogP contribution < -0.4 is 5.32 Å². The quantitative estimate of drug-likeness (QED) is 0.530. The van der Waals surface area contributed by atoms with Crippen molar-refractivity contribution in [2.75, 3.05) is 25.5 Å². The van der Waals surface area contributed by atoms with E-state index in [1.807, 2.05) is 23.9 Å². The molecule has 0 spiro atoms. The highest BCUT2D eigenvalue weighted by molar-refractivity contribution is 7.99. The molecule has 0 aliphatic carbocycles. The van der Waals surface area contributed by atoms with Gasteiger partial charge in [-0.05, 0) is 30.7 Å². The standard InChI is InChI=1S/C18H23NOS/c1-3-8-17(9-4-1)16-19-12-7-13-20-14-15-21-18-10-5-2-6-11-18/h1-6,8-11,19H,7,12-16H2. The molecule has 0 saturated heterocycles. The van der Waals surface area contributed by atoms with E-state index in [1.165, 1.54) is 10.5 Å². The number of nitrogens with one attached hydrogen (secondary N) is 1. The van der Waals surface area contributed by atoms with Gasteiger partial charge in [0.1, 0.15) is 0 Å². The van der Waals surface area contributed by atoms with Crippen molar-refractivity contribution in [3.63, 3.8) is 0 Å². The second kappa shape index (κ2) is 10.4. The molecule has 0 radical (unpaired) electrons. The minimum absolute atomic E-state index is 0.818. The molecule has 2 aromatic rings. The van der Waals surface area contributed by atoms with Gasteiger partial charge in [-0.15, -0.1) is 11.8 Å². The Bertz CT molecular complexity index is 430. The van der Waals surface area contributed by atoms with Crippen LogP contribution in [0.2, 0.25) is 0 Å². The van der Waals surface area contributed by atoms with Gasteiger partial charge in [0, 0.05) is 23.8 Å². The maximum absolute atomic E-state index is 5.65. The lowest BCUT2D eigenvalue weighted by atomic mass is 10.2. The number of hydrogen-bond acceptors (Lipinski definition) is 3. The molecule has 3 heteroatoms. The molecular formula is C18H23NOS. The Balaban J connectivity index is 1.40. The van der Waals surface area contributed by atoms with E-state index in [0.717, 1.165) is 38.5 Å². The first-order valence-electron chi connectivity index (χ1n) is 7.45. The zero-order chi connectivity index (χ0) is 14.6. The Morgan fingerprint density at radius 2 is 1.57 bits per heavy atom. The molecule has 0 heterocycles. The van der Waals surface area contributed by atoms with Crippen LogP contribution in [0.1, 0.15) is 12.0 Å². The summed E-state index contributed by atoms with van der Waals surface area (Å²) >= 11 is 1.85. The maximum atomic E-state index is 5.65. The van der Waals surface area contributed by atoms with Crippen LogP contribution in [0, 0.1) is 0 Å². The summed E-state index contributed by atoms with van der Waals surface area (Å²) in [5.41, 5.74) is 1.33. The van der Waals surface area contributed by atoms with E-state index in [-0.39, 0.29) is 0 Å². The molecule has 0 aromatic heterocycles. The lowest BCUT2D eigenvalue weighted by Crippen LogP contribution is -2.16. The van der Waals surface area contributed by atoms with Crippen LogP contribution >= 0.6 is 11.8 Å². The molecule has 0 atom stereocenters. The van der Waals surface area contributed by atoms with Crippen LogP contribution in [-0.4, -0.2) is 25.5 Å². The number of thioether (sulfide) groups is 1. The SMILES string of the molecule is c1ccc(CNCCCOCCSc2ccccc2)cc1. The zero-order valence-electron chi connectivity index (χ0n) is 12.3. The van der Waals surface area contributed by atoms with Crippen LogP contribution in [0.15, 0.2) is 65.6 Å². The topological polar surface area (TPSA) is 21.3 Å². The smallest absolute Gasteiger partial charge is 0.0560 e. The maximum Gasteiger partial charge on any atom is 0.0560 e. The molecule has 0 unspecified atom stereocenters. The predicted octanol–water partition coefficient (Wildman–Crippen LogP) is 3.98. The number of ether oxygens (including phenoxy) is 1. The predicted molar refractivity (Wildman–Crippen MR) is 90.8 cm³/mol. The van der Waals surface area contributed by atoms with Crippen molar-refractivity contribution >= 4 is 11.8 Å². The fraction of sp³-hybridized carbons (Fsp3) is 0.333. The summed E-state index contributed by atoms with van der Waals surface area (Å²) in [5, 5.41) is 3.43. The molecule has 2 rings (SSSR count). The Morgan fingerprint density at radius 1 is 0.857 bits per heavy atom. The van der Waals surface area contributed by atoms with Crippen molar-refractivity contribution in [1.82, 2.24) is 5.32 Å². The first kappa shape index (κ1) is 16.1. The average Bonchev–Trinajstić information content (AvgIpc) is 2.55. The second-order valence-electron chi connectivity index (χ2n) is 4.79. The van der Waals surface area contributed by atoms with E-state index in [0.29, 0.717) is 0 Å². The highest BCUT2D eigenvalue weighted by Crippen LogP contribution is 2.16. The second-order valence-corrected chi connectivity index (χ2v) is 5.96. The van der Waals surface area contributed by atoms with Crippen molar-refractivity contribution in [3.05, 3.63) is 66.2 Å². The van der Waals surface area contributed by atoms with E-state index >= 15 is 0 Å². The van der Waals surface area contributed by atoms with Crippen LogP contribution in [-0.2, 0) is 11.3 Å². The van der Waals surface area contributed by atoms with Gasteiger partial charge >= 0.3 is 0 Å². The van der Waals surface area contributed by atoms with Gasteiger partial charge in [0.15, 0.2) is 0 Å². The summed E-state index contributed by atoms with van der Waals surface area (Å²) in [6.45, 7) is 3.58. The van der Waals surface area contributed by atoms with Crippen molar-refractivity contribution in [1.29, 1.82) is 0 Å². The van der Waals surface area contributed by atoms with Crippen molar-refractivity contribution in [2.45, 2.75) is 17.9 Å². The normalized spacial score (nSPS) is 10.7. The lowest BCUT2D eigenvalue weighted by molar-refractivity contribution is 0.147. The van der Waals surface area contributed by atoms with E-state index < -0.39 is 0 Å². The van der Waals surface area contributed by atoms with Gasteiger partial charge in [0.05, 0.1) is 6.61 Å². The molecule has 0 aliphatic heterocycles. The van der Waals surface area contributed by atoms with Crippen molar-refractivity contribution < 1.29 is 4.74 Å². The van der Waals surface area contributed by atoms with Gasteiger partial charge in [-0.3, -0.25) is 0 Å². The number of rotatable bonds is 10. The number of hydrogen-bond donors (Lipinski definition) is 1. The van der Waals surface area contributed by atoms with Crippen LogP contribution in [0.5, 0.6) is 0 Å². The van der Waals surface area contributed by atoms with Crippen molar-refractivity contribution in [2.24, 2.45) is 0 Å². The minimum atomic E-state index is 0.818. The summed E-state index contributed by atoms with van der Waals surface area (Å²) in [5.74, 6) is 1.02. The Labute approximate surface area is 131 Å². The Hall–Kier alpha value is -1.29. The summed E-state index contributed by atoms with van der Waals surface area (Å²) in [7, 11) is 0. The van der Waals surface area contributed by atoms with Gasteiger partial charge in [-0.25, -0.2) is 0 Å². The molecule has 0 saturated carbocycles. The van der Waals surface area contributed by atoms with E-state index in [2.05, 4.69) is 53.8 Å². The van der Waals surface area contributed by atoms with Gasteiger partial charge in [0.2, 0.25) is 0 Å². The Morgan fingerprint density at radius 3 is 2.33 bits per heavy atom. The minimum Gasteiger partial charge on any atom is -0.381 e. The van der Waals surface area contributed by atoms with E-state index in [9.17, 15) is 0 Å². The van der Waals surface area contributed by atoms with Crippen LogP contribution in [0.4, 0.5) is 0 Å². The molecule has 2 aromatic carbocycles. The van der Waals surface area contributed by atoms with Gasteiger partial charge in [-0.1, -0.05) is 48.5 Å². The average molecular weight is 301 g/mol. The molecule has 112 valence electrons. The monoisotopic (exact) mass is 301 g/mol. The third-order valence-corrected chi connectivity index (χ3v) is 4.03. The molecule has 2 nitrogen and oxygen atoms in total. The fourth-order valence-electron chi connectivity index (χ4n) is 1.97. The van der Waals surface area contributed by atoms with Gasteiger partial charge < -0.3 is 10.1 Å².